The standard InChI is InChI=1S/C26H36N2O2S/c1-3-4-15-25(29)28(23-13-9-6-10-14-23)20-26(30)27(18-22-11-7-5-8-12-22)19-24-21(2)16-17-31-24/h5,7-8,11-12,16-17,23H,3-4,6,9-10,13-15,18-20H2,1-2H3. The number of aryl methyl sites for hydroxylation is 1. The minimum absolute atomic E-state index is 0.0482. The quantitative estimate of drug-likeness (QED) is 0.459. The van der Waals surface area contributed by atoms with Crippen molar-refractivity contribution in [2.75, 3.05) is 6.54 Å². The van der Waals surface area contributed by atoms with E-state index in [0.29, 0.717) is 19.5 Å². The first-order chi connectivity index (χ1) is 15.1. The lowest BCUT2D eigenvalue weighted by molar-refractivity contribution is -0.143. The average Bonchev–Trinajstić information content (AvgIpc) is 3.20. The second-order valence-corrected chi connectivity index (χ2v) is 9.68. The minimum Gasteiger partial charge on any atom is -0.332 e. The second kappa shape index (κ2) is 12.0. The van der Waals surface area contributed by atoms with Gasteiger partial charge in [-0.2, -0.15) is 0 Å². The molecule has 1 aromatic carbocycles. The Balaban J connectivity index is 1.77. The number of rotatable bonds is 10. The Morgan fingerprint density at radius 2 is 1.74 bits per heavy atom. The van der Waals surface area contributed by atoms with Crippen LogP contribution < -0.4 is 0 Å². The second-order valence-electron chi connectivity index (χ2n) is 8.68. The van der Waals surface area contributed by atoms with Gasteiger partial charge in [-0.05, 0) is 48.8 Å². The molecule has 168 valence electrons. The van der Waals surface area contributed by atoms with Crippen molar-refractivity contribution in [1.29, 1.82) is 0 Å². The maximum absolute atomic E-state index is 13.6. The molecule has 0 atom stereocenters. The molecule has 0 radical (unpaired) electrons. The summed E-state index contributed by atoms with van der Waals surface area (Å²) in [7, 11) is 0. The molecule has 0 aliphatic heterocycles. The van der Waals surface area contributed by atoms with Crippen molar-refractivity contribution in [2.24, 2.45) is 0 Å². The van der Waals surface area contributed by atoms with Crippen molar-refractivity contribution in [1.82, 2.24) is 9.80 Å². The molecule has 2 aromatic rings. The van der Waals surface area contributed by atoms with Crippen molar-refractivity contribution >= 4 is 23.2 Å². The van der Waals surface area contributed by atoms with E-state index in [-0.39, 0.29) is 24.4 Å². The zero-order chi connectivity index (χ0) is 22.1. The van der Waals surface area contributed by atoms with E-state index in [0.717, 1.165) is 44.1 Å². The lowest BCUT2D eigenvalue weighted by Crippen LogP contribution is -2.47. The molecule has 0 saturated heterocycles. The van der Waals surface area contributed by atoms with E-state index in [1.165, 1.54) is 16.9 Å². The highest BCUT2D eigenvalue weighted by Gasteiger charge is 2.29. The Kier molecular flexibility index (Phi) is 9.13. The van der Waals surface area contributed by atoms with Crippen molar-refractivity contribution < 1.29 is 9.59 Å². The van der Waals surface area contributed by atoms with Gasteiger partial charge >= 0.3 is 0 Å². The van der Waals surface area contributed by atoms with Gasteiger partial charge in [0.25, 0.3) is 0 Å². The van der Waals surface area contributed by atoms with Crippen LogP contribution in [0.4, 0.5) is 0 Å². The van der Waals surface area contributed by atoms with Crippen LogP contribution in [0.2, 0.25) is 0 Å². The summed E-state index contributed by atoms with van der Waals surface area (Å²) < 4.78 is 0. The van der Waals surface area contributed by atoms with Gasteiger partial charge in [-0.3, -0.25) is 9.59 Å². The summed E-state index contributed by atoms with van der Waals surface area (Å²) in [6.07, 6.45) is 8.01. The van der Waals surface area contributed by atoms with Gasteiger partial charge in [0.2, 0.25) is 11.8 Å². The van der Waals surface area contributed by atoms with Crippen molar-refractivity contribution in [3.05, 3.63) is 57.8 Å². The summed E-state index contributed by atoms with van der Waals surface area (Å²) in [5.74, 6) is 0.196. The Morgan fingerprint density at radius 1 is 1.00 bits per heavy atom. The maximum Gasteiger partial charge on any atom is 0.242 e. The first kappa shape index (κ1) is 23.5. The third-order valence-corrected chi connectivity index (χ3v) is 7.26. The molecule has 4 nitrogen and oxygen atoms in total. The third-order valence-electron chi connectivity index (χ3n) is 6.26. The van der Waals surface area contributed by atoms with Gasteiger partial charge in [-0.1, -0.05) is 62.9 Å². The number of hydrogen-bond donors (Lipinski definition) is 0. The van der Waals surface area contributed by atoms with E-state index < -0.39 is 0 Å². The van der Waals surface area contributed by atoms with E-state index in [9.17, 15) is 9.59 Å². The van der Waals surface area contributed by atoms with Crippen molar-refractivity contribution in [3.63, 3.8) is 0 Å². The molecule has 1 aliphatic carbocycles. The fourth-order valence-electron chi connectivity index (χ4n) is 4.31. The fraction of sp³-hybridized carbons (Fsp3) is 0.538. The number of hydrogen-bond acceptors (Lipinski definition) is 3. The fourth-order valence-corrected chi connectivity index (χ4v) is 5.23. The summed E-state index contributed by atoms with van der Waals surface area (Å²) in [6.45, 7) is 5.57. The zero-order valence-corrected chi connectivity index (χ0v) is 19.8. The predicted octanol–water partition coefficient (Wildman–Crippen LogP) is 5.94. The molecule has 3 rings (SSSR count). The molecule has 1 fully saturated rings. The van der Waals surface area contributed by atoms with Gasteiger partial charge in [0.05, 0.1) is 6.54 Å². The average molecular weight is 441 g/mol. The van der Waals surface area contributed by atoms with E-state index in [1.807, 2.05) is 28.0 Å². The highest BCUT2D eigenvalue weighted by molar-refractivity contribution is 7.10. The first-order valence-electron chi connectivity index (χ1n) is 11.7. The number of benzene rings is 1. The number of nitrogens with zero attached hydrogens (tertiary/aromatic N) is 2. The Hall–Kier alpha value is -2.14. The number of unbranched alkanes of at least 4 members (excludes halogenated alkanes) is 1. The molecule has 1 aliphatic rings. The van der Waals surface area contributed by atoms with E-state index in [1.54, 1.807) is 11.3 Å². The van der Waals surface area contributed by atoms with Gasteiger partial charge in [0.15, 0.2) is 0 Å². The van der Waals surface area contributed by atoms with Crippen LogP contribution in [0.15, 0.2) is 41.8 Å². The highest BCUT2D eigenvalue weighted by atomic mass is 32.1. The third kappa shape index (κ3) is 6.93. The Bertz CT molecular complexity index is 827. The topological polar surface area (TPSA) is 40.6 Å². The zero-order valence-electron chi connectivity index (χ0n) is 19.0. The van der Waals surface area contributed by atoms with Crippen molar-refractivity contribution in [3.8, 4) is 0 Å². The van der Waals surface area contributed by atoms with Crippen LogP contribution in [0.3, 0.4) is 0 Å². The largest absolute Gasteiger partial charge is 0.332 e. The highest BCUT2D eigenvalue weighted by Crippen LogP contribution is 2.25. The van der Waals surface area contributed by atoms with Crippen LogP contribution in [0.1, 0.15) is 74.3 Å². The lowest BCUT2D eigenvalue weighted by Gasteiger charge is -2.35. The van der Waals surface area contributed by atoms with Gasteiger partial charge in [0.1, 0.15) is 6.54 Å². The van der Waals surface area contributed by atoms with E-state index >= 15 is 0 Å². The Labute approximate surface area is 191 Å². The number of carbonyl (C=O) groups excluding carboxylic acids is 2. The van der Waals surface area contributed by atoms with Crippen LogP contribution in [0, 0.1) is 6.92 Å². The summed E-state index contributed by atoms with van der Waals surface area (Å²) in [4.78, 5) is 31.7. The summed E-state index contributed by atoms with van der Waals surface area (Å²) >= 11 is 1.70. The molecule has 1 aromatic heterocycles. The molecular weight excluding hydrogens is 404 g/mol. The van der Waals surface area contributed by atoms with E-state index in [2.05, 4.69) is 37.4 Å². The molecule has 0 bridgehead atoms. The first-order valence-corrected chi connectivity index (χ1v) is 12.6. The monoisotopic (exact) mass is 440 g/mol. The van der Waals surface area contributed by atoms with Gasteiger partial charge in [-0.15, -0.1) is 11.3 Å². The molecule has 0 N–H and O–H groups in total. The van der Waals surface area contributed by atoms with Crippen LogP contribution in [-0.4, -0.2) is 34.2 Å². The Morgan fingerprint density at radius 3 is 2.39 bits per heavy atom. The van der Waals surface area contributed by atoms with Gasteiger partial charge in [-0.25, -0.2) is 0 Å². The van der Waals surface area contributed by atoms with Crippen molar-refractivity contribution in [2.45, 2.75) is 84.3 Å². The SMILES string of the molecule is CCCCC(=O)N(CC(=O)N(Cc1ccccc1)Cc1sccc1C)C1CCCCC1. The molecule has 2 amide bonds. The number of thiophene rings is 1. The molecule has 0 unspecified atom stereocenters. The van der Waals surface area contributed by atoms with Crippen LogP contribution >= 0.6 is 11.3 Å². The molecule has 5 heteroatoms. The lowest BCUT2D eigenvalue weighted by atomic mass is 9.93. The van der Waals surface area contributed by atoms with Gasteiger partial charge < -0.3 is 9.80 Å². The van der Waals surface area contributed by atoms with Crippen LogP contribution in [0.5, 0.6) is 0 Å². The predicted molar refractivity (Wildman–Crippen MR) is 128 cm³/mol. The molecule has 0 spiro atoms. The number of carbonyl (C=O) groups is 2. The molecule has 1 saturated carbocycles. The smallest absolute Gasteiger partial charge is 0.242 e. The van der Waals surface area contributed by atoms with Crippen LogP contribution in [0.25, 0.3) is 0 Å². The molecule has 1 heterocycles. The normalized spacial score (nSPS) is 14.4. The summed E-state index contributed by atoms with van der Waals surface area (Å²) in [5, 5.41) is 2.08. The van der Waals surface area contributed by atoms with Crippen LogP contribution in [-0.2, 0) is 22.7 Å². The maximum atomic E-state index is 13.6. The van der Waals surface area contributed by atoms with E-state index in [4.69, 9.17) is 0 Å². The number of amides is 2. The van der Waals surface area contributed by atoms with Gasteiger partial charge in [0, 0.05) is 23.9 Å². The minimum atomic E-state index is 0.0482. The molecular formula is C26H36N2O2S. The summed E-state index contributed by atoms with van der Waals surface area (Å²) in [6, 6.07) is 12.5. The molecule has 31 heavy (non-hydrogen) atoms. The summed E-state index contributed by atoms with van der Waals surface area (Å²) in [5.41, 5.74) is 2.34.